The lowest BCUT2D eigenvalue weighted by molar-refractivity contribution is -0.0250. The Morgan fingerprint density at radius 2 is 1.85 bits per heavy atom. The van der Waals surface area contributed by atoms with Crippen molar-refractivity contribution >= 4 is 0 Å². The molecular weight excluding hydrogens is 160 g/mol. The van der Waals surface area contributed by atoms with E-state index < -0.39 is 0 Å². The van der Waals surface area contributed by atoms with Crippen LogP contribution < -0.4 is 0 Å². The summed E-state index contributed by atoms with van der Waals surface area (Å²) in [4.78, 5) is 0. The predicted molar refractivity (Wildman–Crippen MR) is 56.7 cm³/mol. The zero-order chi connectivity index (χ0) is 9.73. The third-order valence-corrected chi connectivity index (χ3v) is 3.52. The lowest BCUT2D eigenvalue weighted by Crippen LogP contribution is -2.35. The van der Waals surface area contributed by atoms with Gasteiger partial charge in [0.25, 0.3) is 0 Å². The zero-order valence-electron chi connectivity index (χ0n) is 9.18. The van der Waals surface area contributed by atoms with Gasteiger partial charge in [-0.25, -0.2) is 0 Å². The summed E-state index contributed by atoms with van der Waals surface area (Å²) in [5.41, 5.74) is -0.379. The van der Waals surface area contributed by atoms with Crippen LogP contribution in [0.5, 0.6) is 0 Å². The molecule has 1 saturated carbocycles. The fourth-order valence-electron chi connectivity index (χ4n) is 2.46. The van der Waals surface area contributed by atoms with E-state index in [0.717, 1.165) is 6.42 Å². The van der Waals surface area contributed by atoms with Gasteiger partial charge in [0.05, 0.1) is 5.60 Å². The van der Waals surface area contributed by atoms with E-state index >= 15 is 0 Å². The summed E-state index contributed by atoms with van der Waals surface area (Å²) in [5, 5.41) is 10.3. The molecule has 0 aliphatic heterocycles. The van der Waals surface area contributed by atoms with Gasteiger partial charge in [0.2, 0.25) is 0 Å². The van der Waals surface area contributed by atoms with Gasteiger partial charge in [-0.05, 0) is 32.1 Å². The molecule has 0 aromatic heterocycles. The number of hydrogen-bond donors (Lipinski definition) is 1. The van der Waals surface area contributed by atoms with Crippen molar-refractivity contribution in [3.05, 3.63) is 0 Å². The molecule has 13 heavy (non-hydrogen) atoms. The second kappa shape index (κ2) is 4.99. The lowest BCUT2D eigenvalue weighted by Gasteiger charge is -2.35. The van der Waals surface area contributed by atoms with Gasteiger partial charge >= 0.3 is 0 Å². The van der Waals surface area contributed by atoms with Gasteiger partial charge in [0.1, 0.15) is 0 Å². The largest absolute Gasteiger partial charge is 0.390 e. The minimum absolute atomic E-state index is 0.379. The molecule has 1 nitrogen and oxygen atoms in total. The number of rotatable bonds is 4. The number of hydrogen-bond acceptors (Lipinski definition) is 1. The van der Waals surface area contributed by atoms with Crippen molar-refractivity contribution in [2.24, 2.45) is 5.92 Å². The fourth-order valence-corrected chi connectivity index (χ4v) is 2.46. The van der Waals surface area contributed by atoms with Gasteiger partial charge in [-0.3, -0.25) is 0 Å². The highest BCUT2D eigenvalue weighted by molar-refractivity contribution is 4.83. The smallest absolute Gasteiger partial charge is 0.0647 e. The van der Waals surface area contributed by atoms with Gasteiger partial charge in [0.15, 0.2) is 0 Å². The Bertz CT molecular complexity index is 134. The van der Waals surface area contributed by atoms with Crippen LogP contribution in [0.4, 0.5) is 0 Å². The molecule has 1 aliphatic rings. The Labute approximate surface area is 82.5 Å². The summed E-state index contributed by atoms with van der Waals surface area (Å²) < 4.78 is 0. The molecule has 0 heterocycles. The predicted octanol–water partition coefficient (Wildman–Crippen LogP) is 3.51. The van der Waals surface area contributed by atoms with Crippen LogP contribution in [0.2, 0.25) is 0 Å². The van der Waals surface area contributed by atoms with Crippen molar-refractivity contribution in [3.8, 4) is 0 Å². The van der Waals surface area contributed by atoms with Crippen molar-refractivity contribution in [2.45, 2.75) is 70.8 Å². The summed E-state index contributed by atoms with van der Waals surface area (Å²) in [6.07, 6.45) is 9.88. The molecular formula is C12H24O. The summed E-state index contributed by atoms with van der Waals surface area (Å²) in [6.45, 7) is 4.23. The number of unbranched alkanes of at least 4 members (excludes halogenated alkanes) is 1. The quantitative estimate of drug-likeness (QED) is 0.709. The van der Waals surface area contributed by atoms with E-state index in [1.54, 1.807) is 0 Å². The highest BCUT2D eigenvalue weighted by atomic mass is 16.3. The summed E-state index contributed by atoms with van der Waals surface area (Å²) in [5.74, 6) is 0.577. The SMILES string of the molecule is CCCCC(C)(O)C1CCCCC1. The van der Waals surface area contributed by atoms with Crippen molar-refractivity contribution in [2.75, 3.05) is 0 Å². The van der Waals surface area contributed by atoms with Crippen LogP contribution in [0.1, 0.15) is 65.2 Å². The van der Waals surface area contributed by atoms with Crippen LogP contribution in [-0.4, -0.2) is 10.7 Å². The summed E-state index contributed by atoms with van der Waals surface area (Å²) >= 11 is 0. The van der Waals surface area contributed by atoms with Crippen LogP contribution in [-0.2, 0) is 0 Å². The molecule has 0 bridgehead atoms. The van der Waals surface area contributed by atoms with Crippen molar-refractivity contribution in [3.63, 3.8) is 0 Å². The minimum Gasteiger partial charge on any atom is -0.390 e. The maximum atomic E-state index is 10.3. The zero-order valence-corrected chi connectivity index (χ0v) is 9.18. The van der Waals surface area contributed by atoms with E-state index in [0.29, 0.717) is 5.92 Å². The summed E-state index contributed by atoms with van der Waals surface area (Å²) in [6, 6.07) is 0. The van der Waals surface area contributed by atoms with Gasteiger partial charge < -0.3 is 5.11 Å². The first-order chi connectivity index (χ1) is 6.17. The molecule has 0 aromatic carbocycles. The third kappa shape index (κ3) is 3.30. The van der Waals surface area contributed by atoms with Gasteiger partial charge in [0, 0.05) is 0 Å². The molecule has 1 rings (SSSR count). The van der Waals surface area contributed by atoms with E-state index in [2.05, 4.69) is 6.92 Å². The molecule has 78 valence electrons. The van der Waals surface area contributed by atoms with Crippen LogP contribution in [0, 0.1) is 5.92 Å². The molecule has 0 amide bonds. The van der Waals surface area contributed by atoms with Crippen molar-refractivity contribution < 1.29 is 5.11 Å². The maximum absolute atomic E-state index is 10.3. The normalized spacial score (nSPS) is 24.2. The monoisotopic (exact) mass is 184 g/mol. The average Bonchev–Trinajstić information content (AvgIpc) is 2.16. The maximum Gasteiger partial charge on any atom is 0.0647 e. The highest BCUT2D eigenvalue weighted by Gasteiger charge is 2.31. The van der Waals surface area contributed by atoms with Crippen LogP contribution >= 0.6 is 0 Å². The first-order valence-electron chi connectivity index (χ1n) is 5.89. The van der Waals surface area contributed by atoms with Gasteiger partial charge in [-0.15, -0.1) is 0 Å². The second-order valence-corrected chi connectivity index (χ2v) is 4.80. The lowest BCUT2D eigenvalue weighted by atomic mass is 9.76. The first-order valence-corrected chi connectivity index (χ1v) is 5.89. The molecule has 1 unspecified atom stereocenters. The van der Waals surface area contributed by atoms with E-state index in [9.17, 15) is 5.11 Å². The van der Waals surface area contributed by atoms with E-state index in [1.165, 1.54) is 44.9 Å². The second-order valence-electron chi connectivity index (χ2n) is 4.80. The van der Waals surface area contributed by atoms with Crippen LogP contribution in [0.25, 0.3) is 0 Å². The number of aliphatic hydroxyl groups is 1. The Kier molecular flexibility index (Phi) is 4.24. The van der Waals surface area contributed by atoms with E-state index in [4.69, 9.17) is 0 Å². The van der Waals surface area contributed by atoms with Crippen LogP contribution in [0.3, 0.4) is 0 Å². The highest BCUT2D eigenvalue weighted by Crippen LogP contribution is 2.35. The Morgan fingerprint density at radius 1 is 1.23 bits per heavy atom. The Hall–Kier alpha value is -0.0400. The molecule has 1 atom stereocenters. The first kappa shape index (κ1) is 11.0. The molecule has 1 aliphatic carbocycles. The van der Waals surface area contributed by atoms with Gasteiger partial charge in [-0.2, -0.15) is 0 Å². The molecule has 0 radical (unpaired) electrons. The minimum atomic E-state index is -0.379. The molecule has 1 fully saturated rings. The van der Waals surface area contributed by atoms with Crippen LogP contribution in [0.15, 0.2) is 0 Å². The molecule has 0 saturated heterocycles. The topological polar surface area (TPSA) is 20.2 Å². The molecule has 0 spiro atoms. The average molecular weight is 184 g/mol. The molecule has 0 aromatic rings. The van der Waals surface area contributed by atoms with E-state index in [1.807, 2.05) is 6.92 Å². The summed E-state index contributed by atoms with van der Waals surface area (Å²) in [7, 11) is 0. The van der Waals surface area contributed by atoms with Crippen molar-refractivity contribution in [1.29, 1.82) is 0 Å². The van der Waals surface area contributed by atoms with E-state index in [-0.39, 0.29) is 5.60 Å². The van der Waals surface area contributed by atoms with Gasteiger partial charge in [-0.1, -0.05) is 39.0 Å². The van der Waals surface area contributed by atoms with Crippen molar-refractivity contribution in [1.82, 2.24) is 0 Å². The third-order valence-electron chi connectivity index (χ3n) is 3.52. The standard InChI is InChI=1S/C12H24O/c1-3-4-10-12(2,13)11-8-6-5-7-9-11/h11,13H,3-10H2,1-2H3. The Balaban J connectivity index is 2.36. The Morgan fingerprint density at radius 3 is 2.38 bits per heavy atom. The molecule has 1 heteroatoms. The fraction of sp³-hybridized carbons (Fsp3) is 1.00. The molecule has 1 N–H and O–H groups in total.